The van der Waals surface area contributed by atoms with Crippen molar-refractivity contribution in [1.82, 2.24) is 4.34 Å². The molecule has 3 heteroatoms. The van der Waals surface area contributed by atoms with Crippen LogP contribution in [-0.2, 0) is 0 Å². The molecule has 2 aromatic rings. The lowest BCUT2D eigenvalue weighted by molar-refractivity contribution is 0.0988. The largest absolute Gasteiger partial charge is 0.289 e. The van der Waals surface area contributed by atoms with Crippen molar-refractivity contribution in [2.75, 3.05) is 0 Å². The number of nitrogens with one attached hydrogen (secondary N) is 1. The number of carbonyl (C=O) groups is 1. The first-order valence-corrected chi connectivity index (χ1v) is 5.01. The molecule has 0 bridgehead atoms. The third kappa shape index (κ3) is 1.51. The molecule has 2 aromatic carbocycles. The summed E-state index contributed by atoms with van der Waals surface area (Å²) in [7, 11) is 0. The fourth-order valence-corrected chi connectivity index (χ4v) is 1.69. The second-order valence-electron chi connectivity index (χ2n) is 2.95. The zero-order valence-corrected chi connectivity index (χ0v) is 8.91. The van der Waals surface area contributed by atoms with E-state index in [0.717, 1.165) is 10.8 Å². The molecule has 0 spiro atoms. The lowest BCUT2D eigenvalue weighted by Crippen LogP contribution is -2.11. The number of hydrogen-bond donors (Lipinski definition) is 1. The van der Waals surface area contributed by atoms with Crippen LogP contribution in [-0.4, -0.2) is 5.91 Å². The highest BCUT2D eigenvalue weighted by Gasteiger charge is 2.06. The van der Waals surface area contributed by atoms with Crippen molar-refractivity contribution < 1.29 is 4.79 Å². The molecule has 0 radical (unpaired) electrons. The van der Waals surface area contributed by atoms with E-state index < -0.39 is 0 Å². The zero-order valence-electron chi connectivity index (χ0n) is 7.33. The maximum absolute atomic E-state index is 11.5. The van der Waals surface area contributed by atoms with Gasteiger partial charge >= 0.3 is 0 Å². The van der Waals surface area contributed by atoms with E-state index in [2.05, 4.69) is 20.5 Å². The molecule has 2 rings (SSSR count). The minimum atomic E-state index is -0.123. The number of benzene rings is 2. The lowest BCUT2D eigenvalue weighted by Gasteiger charge is -2.03. The maximum atomic E-state index is 11.5. The summed E-state index contributed by atoms with van der Waals surface area (Å²) in [6.07, 6.45) is 0. The highest BCUT2D eigenvalue weighted by Crippen LogP contribution is 2.18. The molecule has 1 N–H and O–H groups in total. The monoisotopic (exact) mass is 249 g/mol. The van der Waals surface area contributed by atoms with Crippen molar-refractivity contribution in [3.63, 3.8) is 0 Å². The van der Waals surface area contributed by atoms with Crippen molar-refractivity contribution in [1.29, 1.82) is 0 Å². The molecule has 2 nitrogen and oxygen atoms in total. The topological polar surface area (TPSA) is 29.1 Å². The van der Waals surface area contributed by atoms with Crippen LogP contribution >= 0.6 is 16.1 Å². The van der Waals surface area contributed by atoms with E-state index in [1.54, 1.807) is 6.07 Å². The predicted molar refractivity (Wildman–Crippen MR) is 60.3 cm³/mol. The van der Waals surface area contributed by atoms with E-state index in [-0.39, 0.29) is 5.91 Å². The van der Waals surface area contributed by atoms with Crippen molar-refractivity contribution in [3.8, 4) is 0 Å². The number of rotatable bonds is 1. The highest BCUT2D eigenvalue weighted by molar-refractivity contribution is 9.08. The number of carbonyl (C=O) groups excluding carboxylic acids is 1. The molecule has 0 saturated carbocycles. The van der Waals surface area contributed by atoms with Crippen LogP contribution < -0.4 is 4.34 Å². The average Bonchev–Trinajstić information content (AvgIpc) is 2.27. The van der Waals surface area contributed by atoms with E-state index in [9.17, 15) is 4.79 Å². The Morgan fingerprint density at radius 1 is 1.07 bits per heavy atom. The molecule has 14 heavy (non-hydrogen) atoms. The van der Waals surface area contributed by atoms with Crippen LogP contribution in [0.2, 0.25) is 0 Å². The van der Waals surface area contributed by atoms with Crippen LogP contribution in [0, 0.1) is 0 Å². The standard InChI is InChI=1S/C11H8BrNO/c12-13-11(14)10-7-3-5-8-4-1-2-6-9(8)10/h1-7H,(H,13,14). The minimum absolute atomic E-state index is 0.123. The van der Waals surface area contributed by atoms with Crippen LogP contribution in [0.3, 0.4) is 0 Å². The molecular weight excluding hydrogens is 242 g/mol. The van der Waals surface area contributed by atoms with Gasteiger partial charge in [-0.05, 0) is 16.8 Å². The first-order valence-electron chi connectivity index (χ1n) is 4.21. The molecule has 0 atom stereocenters. The first kappa shape index (κ1) is 9.21. The maximum Gasteiger partial charge on any atom is 0.261 e. The Kier molecular flexibility index (Phi) is 2.50. The predicted octanol–water partition coefficient (Wildman–Crippen LogP) is 2.88. The van der Waals surface area contributed by atoms with Crippen molar-refractivity contribution in [2.45, 2.75) is 0 Å². The van der Waals surface area contributed by atoms with Crippen LogP contribution in [0.15, 0.2) is 42.5 Å². The molecule has 0 aliphatic carbocycles. The third-order valence-electron chi connectivity index (χ3n) is 2.12. The quantitative estimate of drug-likeness (QED) is 0.774. The summed E-state index contributed by atoms with van der Waals surface area (Å²) in [6.45, 7) is 0. The van der Waals surface area contributed by atoms with Gasteiger partial charge in [-0.2, -0.15) is 0 Å². The second-order valence-corrected chi connectivity index (χ2v) is 3.35. The Balaban J connectivity index is 2.71. The fourth-order valence-electron chi connectivity index (χ4n) is 1.47. The Labute approximate surface area is 90.3 Å². The van der Waals surface area contributed by atoms with Gasteiger partial charge in [-0.1, -0.05) is 36.4 Å². The van der Waals surface area contributed by atoms with Gasteiger partial charge in [-0.25, -0.2) is 0 Å². The summed E-state index contributed by atoms with van der Waals surface area (Å²) in [4.78, 5) is 11.5. The summed E-state index contributed by atoms with van der Waals surface area (Å²) in [5, 5.41) is 2.04. The van der Waals surface area contributed by atoms with Crippen molar-refractivity contribution in [3.05, 3.63) is 48.0 Å². The molecule has 0 aliphatic rings. The van der Waals surface area contributed by atoms with Gasteiger partial charge in [0, 0.05) is 21.7 Å². The smallest absolute Gasteiger partial charge is 0.261 e. The SMILES string of the molecule is O=C(NBr)c1cccc2ccccc12. The van der Waals surface area contributed by atoms with Gasteiger partial charge in [0.2, 0.25) is 0 Å². The molecule has 0 aliphatic heterocycles. The molecule has 0 fully saturated rings. The molecule has 70 valence electrons. The summed E-state index contributed by atoms with van der Waals surface area (Å²) in [5.74, 6) is -0.123. The Hall–Kier alpha value is -1.35. The van der Waals surface area contributed by atoms with Gasteiger partial charge in [-0.3, -0.25) is 9.14 Å². The molecule has 0 saturated heterocycles. The van der Waals surface area contributed by atoms with E-state index in [4.69, 9.17) is 0 Å². The third-order valence-corrected chi connectivity index (χ3v) is 2.48. The average molecular weight is 250 g/mol. The molecule has 1 amide bonds. The van der Waals surface area contributed by atoms with Crippen LogP contribution in [0.4, 0.5) is 0 Å². The van der Waals surface area contributed by atoms with Crippen molar-refractivity contribution >= 4 is 32.8 Å². The van der Waals surface area contributed by atoms with Crippen molar-refractivity contribution in [2.24, 2.45) is 0 Å². The number of hydrogen-bond acceptors (Lipinski definition) is 1. The van der Waals surface area contributed by atoms with Gasteiger partial charge in [0.15, 0.2) is 0 Å². The summed E-state index contributed by atoms with van der Waals surface area (Å²) in [6, 6.07) is 13.5. The first-order chi connectivity index (χ1) is 6.83. The lowest BCUT2D eigenvalue weighted by atomic mass is 10.0. The fraction of sp³-hybridized carbons (Fsp3) is 0. The molecular formula is C11H8BrNO. The summed E-state index contributed by atoms with van der Waals surface area (Å²) >= 11 is 2.94. The van der Waals surface area contributed by atoms with Crippen LogP contribution in [0.25, 0.3) is 10.8 Å². The Bertz CT molecular complexity index is 476. The minimum Gasteiger partial charge on any atom is -0.289 e. The molecule has 0 aromatic heterocycles. The zero-order chi connectivity index (χ0) is 9.97. The number of halogens is 1. The number of amides is 1. The Morgan fingerprint density at radius 3 is 2.57 bits per heavy atom. The summed E-state index contributed by atoms with van der Waals surface area (Å²) < 4.78 is 2.45. The molecule has 0 unspecified atom stereocenters. The Morgan fingerprint density at radius 2 is 1.79 bits per heavy atom. The van der Waals surface area contributed by atoms with Gasteiger partial charge in [0.1, 0.15) is 0 Å². The van der Waals surface area contributed by atoms with E-state index in [1.165, 1.54) is 0 Å². The van der Waals surface area contributed by atoms with E-state index in [0.29, 0.717) is 5.56 Å². The second kappa shape index (κ2) is 3.80. The van der Waals surface area contributed by atoms with Gasteiger partial charge in [0.25, 0.3) is 5.91 Å². The number of fused-ring (bicyclic) bond motifs is 1. The van der Waals surface area contributed by atoms with E-state index >= 15 is 0 Å². The van der Waals surface area contributed by atoms with Gasteiger partial charge < -0.3 is 0 Å². The van der Waals surface area contributed by atoms with Gasteiger partial charge in [0.05, 0.1) is 0 Å². The normalized spacial score (nSPS) is 10.1. The van der Waals surface area contributed by atoms with Gasteiger partial charge in [-0.15, -0.1) is 0 Å². The van der Waals surface area contributed by atoms with Crippen LogP contribution in [0.1, 0.15) is 10.4 Å². The highest BCUT2D eigenvalue weighted by atomic mass is 79.9. The summed E-state index contributed by atoms with van der Waals surface area (Å²) in [5.41, 5.74) is 0.681. The molecule has 0 heterocycles. The van der Waals surface area contributed by atoms with E-state index in [1.807, 2.05) is 36.4 Å². The van der Waals surface area contributed by atoms with Crippen LogP contribution in [0.5, 0.6) is 0 Å².